The number of ether oxygens (including phenoxy) is 3. The van der Waals surface area contributed by atoms with Crippen LogP contribution in [-0.4, -0.2) is 44.0 Å². The molecule has 1 amide bonds. The first-order chi connectivity index (χ1) is 14.9. The van der Waals surface area contributed by atoms with Crippen molar-refractivity contribution in [2.24, 2.45) is 5.10 Å². The van der Waals surface area contributed by atoms with Crippen molar-refractivity contribution in [2.45, 2.75) is 0 Å². The maximum absolute atomic E-state index is 12.4. The highest BCUT2D eigenvalue weighted by molar-refractivity contribution is 9.10. The Morgan fingerprint density at radius 3 is 2.52 bits per heavy atom. The molecule has 3 rings (SSSR count). The number of benzene rings is 3. The third-order valence-electron chi connectivity index (χ3n) is 4.30. The Labute approximate surface area is 186 Å². The van der Waals surface area contributed by atoms with E-state index in [0.29, 0.717) is 21.5 Å². The van der Waals surface area contributed by atoms with Crippen molar-refractivity contribution in [3.8, 4) is 17.2 Å². The van der Waals surface area contributed by atoms with Crippen molar-refractivity contribution >= 4 is 44.8 Å². The van der Waals surface area contributed by atoms with Gasteiger partial charge >= 0.3 is 5.97 Å². The van der Waals surface area contributed by atoms with Gasteiger partial charge in [0.2, 0.25) is 0 Å². The molecule has 0 unspecified atom stereocenters. The molecule has 0 fully saturated rings. The lowest BCUT2D eigenvalue weighted by atomic mass is 10.1. The fraction of sp³-hybridized carbons (Fsp3) is 0.136. The van der Waals surface area contributed by atoms with Gasteiger partial charge in [-0.2, -0.15) is 5.10 Å². The number of halogens is 1. The number of nitrogens with one attached hydrogen (secondary N) is 1. The van der Waals surface area contributed by atoms with Gasteiger partial charge in [-0.3, -0.25) is 4.79 Å². The van der Waals surface area contributed by atoms with Crippen LogP contribution in [0.25, 0.3) is 10.8 Å². The summed E-state index contributed by atoms with van der Waals surface area (Å²) in [6.07, 6.45) is 1.41. The average Bonchev–Trinajstić information content (AvgIpc) is 2.77. The molecule has 9 heteroatoms. The van der Waals surface area contributed by atoms with E-state index in [1.807, 2.05) is 24.3 Å². The molecule has 0 radical (unpaired) electrons. The van der Waals surface area contributed by atoms with Crippen LogP contribution < -0.4 is 14.9 Å². The first kappa shape index (κ1) is 22.1. The summed E-state index contributed by atoms with van der Waals surface area (Å²) in [7, 11) is 2.72. The minimum Gasteiger partial charge on any atom is -0.507 e. The first-order valence-corrected chi connectivity index (χ1v) is 9.84. The molecule has 0 bridgehead atoms. The highest BCUT2D eigenvalue weighted by Gasteiger charge is 2.14. The molecule has 0 atom stereocenters. The van der Waals surface area contributed by atoms with Crippen LogP contribution in [0.2, 0.25) is 0 Å². The lowest BCUT2D eigenvalue weighted by Gasteiger charge is -2.12. The molecule has 3 aromatic rings. The third-order valence-corrected chi connectivity index (χ3v) is 4.89. The van der Waals surface area contributed by atoms with Crippen LogP contribution in [0, 0.1) is 0 Å². The van der Waals surface area contributed by atoms with E-state index in [2.05, 4.69) is 31.2 Å². The van der Waals surface area contributed by atoms with E-state index >= 15 is 0 Å². The Morgan fingerprint density at radius 1 is 1.13 bits per heavy atom. The van der Waals surface area contributed by atoms with Crippen LogP contribution in [0.5, 0.6) is 17.2 Å². The number of esters is 1. The molecule has 3 aromatic carbocycles. The maximum atomic E-state index is 12.4. The summed E-state index contributed by atoms with van der Waals surface area (Å²) in [4.78, 5) is 23.7. The Hall–Kier alpha value is -3.59. The number of hydrogen-bond donors (Lipinski definition) is 2. The zero-order valence-corrected chi connectivity index (χ0v) is 18.3. The van der Waals surface area contributed by atoms with Crippen LogP contribution in [0.15, 0.2) is 58.1 Å². The largest absolute Gasteiger partial charge is 0.507 e. The van der Waals surface area contributed by atoms with Crippen LogP contribution in [0.1, 0.15) is 15.9 Å². The van der Waals surface area contributed by atoms with E-state index in [4.69, 9.17) is 9.47 Å². The Balaban J connectivity index is 1.74. The second kappa shape index (κ2) is 9.94. The predicted molar refractivity (Wildman–Crippen MR) is 119 cm³/mol. The number of hydrogen-bond acceptors (Lipinski definition) is 7. The van der Waals surface area contributed by atoms with Gasteiger partial charge < -0.3 is 19.3 Å². The molecule has 0 aromatic heterocycles. The van der Waals surface area contributed by atoms with Crippen molar-refractivity contribution < 1.29 is 28.9 Å². The second-order valence-corrected chi connectivity index (χ2v) is 7.17. The van der Waals surface area contributed by atoms with Gasteiger partial charge in [0, 0.05) is 0 Å². The van der Waals surface area contributed by atoms with E-state index in [1.54, 1.807) is 18.2 Å². The number of amides is 1. The van der Waals surface area contributed by atoms with Crippen LogP contribution >= 0.6 is 15.9 Å². The van der Waals surface area contributed by atoms with Crippen molar-refractivity contribution in [1.29, 1.82) is 0 Å². The third kappa shape index (κ3) is 5.32. The summed E-state index contributed by atoms with van der Waals surface area (Å²) in [6.45, 7) is -0.274. The monoisotopic (exact) mass is 486 g/mol. The van der Waals surface area contributed by atoms with Gasteiger partial charge in [-0.05, 0) is 56.5 Å². The number of methoxy groups -OCH3 is 2. The number of carbonyl (C=O) groups excluding carboxylic acids is 2. The first-order valence-electron chi connectivity index (χ1n) is 9.05. The number of phenolic OH excluding ortho intramolecular Hbond substituents is 1. The minimum atomic E-state index is -0.552. The normalized spacial score (nSPS) is 10.8. The lowest BCUT2D eigenvalue weighted by molar-refractivity contribution is -0.142. The van der Waals surface area contributed by atoms with Crippen LogP contribution in [0.4, 0.5) is 0 Å². The second-order valence-electron chi connectivity index (χ2n) is 6.31. The number of nitrogens with zero attached hydrogens (tertiary/aromatic N) is 1. The summed E-state index contributed by atoms with van der Waals surface area (Å²) < 4.78 is 15.8. The topological polar surface area (TPSA) is 106 Å². The van der Waals surface area contributed by atoms with Gasteiger partial charge in [-0.15, -0.1) is 0 Å². The molecular weight excluding hydrogens is 468 g/mol. The maximum Gasteiger partial charge on any atom is 0.343 e. The summed E-state index contributed by atoms with van der Waals surface area (Å²) in [5, 5.41) is 15.8. The van der Waals surface area contributed by atoms with Gasteiger partial charge in [0.05, 0.1) is 30.5 Å². The summed E-state index contributed by atoms with van der Waals surface area (Å²) >= 11 is 3.36. The molecule has 0 heterocycles. The van der Waals surface area contributed by atoms with Gasteiger partial charge in [-0.1, -0.05) is 24.3 Å². The number of fused-ring (bicyclic) bond motifs is 1. The Kier molecular flexibility index (Phi) is 7.09. The predicted octanol–water partition coefficient (Wildman–Crippen LogP) is 3.63. The molecule has 0 aliphatic heterocycles. The molecule has 0 saturated heterocycles. The van der Waals surface area contributed by atoms with E-state index in [-0.39, 0.29) is 17.9 Å². The quantitative estimate of drug-likeness (QED) is 0.300. The molecule has 0 spiro atoms. The molecule has 8 nitrogen and oxygen atoms in total. The van der Waals surface area contributed by atoms with Crippen molar-refractivity contribution in [1.82, 2.24) is 5.43 Å². The highest BCUT2D eigenvalue weighted by atomic mass is 79.9. The molecule has 0 saturated carbocycles. The minimum absolute atomic E-state index is 0.112. The molecule has 31 heavy (non-hydrogen) atoms. The number of hydrazone groups is 1. The fourth-order valence-electron chi connectivity index (χ4n) is 2.78. The number of carbonyl (C=O) groups is 2. The van der Waals surface area contributed by atoms with Crippen LogP contribution in [0.3, 0.4) is 0 Å². The smallest absolute Gasteiger partial charge is 0.343 e. The van der Waals surface area contributed by atoms with Crippen molar-refractivity contribution in [2.75, 3.05) is 20.8 Å². The summed E-state index contributed by atoms with van der Waals surface area (Å²) in [5.74, 6) is -0.529. The van der Waals surface area contributed by atoms with E-state index in [0.717, 1.165) is 10.8 Å². The fourth-order valence-corrected chi connectivity index (χ4v) is 3.35. The molecule has 160 valence electrons. The van der Waals surface area contributed by atoms with Gasteiger partial charge in [-0.25, -0.2) is 10.2 Å². The standard InChI is InChI=1S/C22H19BrN2O6/c1-29-19-8-13(7-17(23)21(19)31-12-20(27)30-2)11-24-25-22(28)16-9-14-5-3-4-6-15(14)10-18(16)26/h3-11,26H,12H2,1-2H3,(H,25,28). The lowest BCUT2D eigenvalue weighted by Crippen LogP contribution is -2.17. The van der Waals surface area contributed by atoms with Crippen molar-refractivity contribution in [3.05, 3.63) is 64.1 Å². The zero-order valence-electron chi connectivity index (χ0n) is 16.7. The number of rotatable bonds is 7. The average molecular weight is 487 g/mol. The summed E-state index contributed by atoms with van der Waals surface area (Å²) in [6, 6.07) is 13.8. The van der Waals surface area contributed by atoms with E-state index < -0.39 is 11.9 Å². The Morgan fingerprint density at radius 2 is 1.84 bits per heavy atom. The number of phenols is 1. The Bertz CT molecular complexity index is 1160. The molecule has 2 N–H and O–H groups in total. The highest BCUT2D eigenvalue weighted by Crippen LogP contribution is 2.36. The molecule has 0 aliphatic carbocycles. The SMILES string of the molecule is COC(=O)COc1c(Br)cc(C=NNC(=O)c2cc3ccccc3cc2O)cc1OC. The van der Waals surface area contributed by atoms with Crippen molar-refractivity contribution in [3.63, 3.8) is 0 Å². The summed E-state index contributed by atoms with van der Waals surface area (Å²) in [5.41, 5.74) is 3.10. The van der Waals surface area contributed by atoms with E-state index in [1.165, 1.54) is 26.5 Å². The van der Waals surface area contributed by atoms with Gasteiger partial charge in [0.1, 0.15) is 5.75 Å². The molecule has 0 aliphatic rings. The number of aromatic hydroxyl groups is 1. The molecular formula is C22H19BrN2O6. The zero-order chi connectivity index (χ0) is 22.4. The van der Waals surface area contributed by atoms with Crippen LogP contribution in [-0.2, 0) is 9.53 Å². The van der Waals surface area contributed by atoms with Gasteiger partial charge in [0.25, 0.3) is 5.91 Å². The van der Waals surface area contributed by atoms with Gasteiger partial charge in [0.15, 0.2) is 18.1 Å². The van der Waals surface area contributed by atoms with E-state index in [9.17, 15) is 14.7 Å².